The molecule has 0 atom stereocenters. The summed E-state index contributed by atoms with van der Waals surface area (Å²) in [5, 5.41) is 8.71. The van der Waals surface area contributed by atoms with Crippen molar-refractivity contribution in [1.82, 2.24) is 4.98 Å². The number of aromatic nitrogens is 1. The Morgan fingerprint density at radius 2 is 2.18 bits per heavy atom. The Labute approximate surface area is 95.6 Å². The zero-order valence-corrected chi connectivity index (χ0v) is 9.03. The first-order valence-corrected chi connectivity index (χ1v) is 4.40. The third kappa shape index (κ3) is 2.47. The molecule has 5 nitrogen and oxygen atoms in total. The summed E-state index contributed by atoms with van der Waals surface area (Å²) in [6.07, 6.45) is -3.00. The van der Waals surface area contributed by atoms with Crippen LogP contribution in [0, 0.1) is 11.3 Å². The van der Waals surface area contributed by atoms with Gasteiger partial charge in [-0.2, -0.15) is 5.26 Å². The summed E-state index contributed by atoms with van der Waals surface area (Å²) in [5.41, 5.74) is -1.73. The molecule has 1 rings (SSSR count). The summed E-state index contributed by atoms with van der Waals surface area (Å²) >= 11 is 0. The van der Waals surface area contributed by atoms with Gasteiger partial charge in [-0.25, -0.2) is 18.6 Å². The highest BCUT2D eigenvalue weighted by atomic mass is 19.3. The van der Waals surface area contributed by atoms with Gasteiger partial charge in [-0.1, -0.05) is 0 Å². The molecule has 17 heavy (non-hydrogen) atoms. The Balaban J connectivity index is 3.53. The van der Waals surface area contributed by atoms with E-state index < -0.39 is 29.2 Å². The van der Waals surface area contributed by atoms with Crippen LogP contribution in [0.5, 0.6) is 5.88 Å². The zero-order valence-electron chi connectivity index (χ0n) is 9.03. The van der Waals surface area contributed by atoms with E-state index in [0.29, 0.717) is 0 Å². The molecule has 1 heterocycles. The fourth-order valence-electron chi connectivity index (χ4n) is 1.22. The maximum absolute atomic E-state index is 12.8. The minimum atomic E-state index is -3.00. The lowest BCUT2D eigenvalue weighted by molar-refractivity contribution is 0.0588. The van der Waals surface area contributed by atoms with E-state index in [4.69, 9.17) is 10.00 Å². The van der Waals surface area contributed by atoms with Crippen molar-refractivity contribution >= 4 is 5.97 Å². The van der Waals surface area contributed by atoms with Gasteiger partial charge in [0.1, 0.15) is 6.07 Å². The molecule has 0 aliphatic heterocycles. The largest absolute Gasteiger partial charge is 0.481 e. The molecule has 90 valence electrons. The van der Waals surface area contributed by atoms with Crippen molar-refractivity contribution < 1.29 is 23.0 Å². The van der Waals surface area contributed by atoms with Crippen LogP contribution in [0.4, 0.5) is 8.78 Å². The molecule has 0 aliphatic rings. The number of halogens is 2. The first-order chi connectivity index (χ1) is 8.04. The average Bonchev–Trinajstić information content (AvgIpc) is 2.35. The molecule has 0 aliphatic carbocycles. The monoisotopic (exact) mass is 242 g/mol. The van der Waals surface area contributed by atoms with Gasteiger partial charge < -0.3 is 9.47 Å². The van der Waals surface area contributed by atoms with Gasteiger partial charge in [-0.3, -0.25) is 0 Å². The molecule has 0 amide bonds. The van der Waals surface area contributed by atoms with E-state index >= 15 is 0 Å². The Hall–Kier alpha value is -2.23. The van der Waals surface area contributed by atoms with E-state index in [1.54, 1.807) is 0 Å². The van der Waals surface area contributed by atoms with Crippen molar-refractivity contribution in [1.29, 1.82) is 5.26 Å². The van der Waals surface area contributed by atoms with Crippen molar-refractivity contribution in [2.75, 3.05) is 14.2 Å². The fourth-order valence-corrected chi connectivity index (χ4v) is 1.22. The van der Waals surface area contributed by atoms with Crippen molar-refractivity contribution in [3.8, 4) is 11.9 Å². The number of hydrogen-bond donors (Lipinski definition) is 0. The van der Waals surface area contributed by atoms with E-state index in [1.165, 1.54) is 13.2 Å². The van der Waals surface area contributed by atoms with Gasteiger partial charge >= 0.3 is 5.97 Å². The Morgan fingerprint density at radius 1 is 1.53 bits per heavy atom. The maximum atomic E-state index is 12.8. The second-order valence-corrected chi connectivity index (χ2v) is 2.88. The number of ether oxygens (including phenoxy) is 2. The molecule has 0 unspecified atom stereocenters. The smallest absolute Gasteiger partial charge is 0.338 e. The predicted octanol–water partition coefficient (Wildman–Crippen LogP) is 1.69. The van der Waals surface area contributed by atoms with Gasteiger partial charge in [0.05, 0.1) is 25.3 Å². The topological polar surface area (TPSA) is 72.2 Å². The molecule has 7 heteroatoms. The van der Waals surface area contributed by atoms with E-state index in [-0.39, 0.29) is 5.88 Å². The second-order valence-electron chi connectivity index (χ2n) is 2.88. The summed E-state index contributed by atoms with van der Waals surface area (Å²) in [6.45, 7) is 0. The first-order valence-electron chi connectivity index (χ1n) is 4.40. The summed E-state index contributed by atoms with van der Waals surface area (Å²) in [4.78, 5) is 14.9. The number of nitriles is 1. The van der Waals surface area contributed by atoms with Gasteiger partial charge in [0.25, 0.3) is 6.43 Å². The van der Waals surface area contributed by atoms with E-state index in [0.717, 1.165) is 13.2 Å². The average molecular weight is 242 g/mol. The van der Waals surface area contributed by atoms with Crippen LogP contribution < -0.4 is 4.74 Å². The number of rotatable bonds is 3. The van der Waals surface area contributed by atoms with Gasteiger partial charge in [0, 0.05) is 6.07 Å². The number of hydrogen-bond acceptors (Lipinski definition) is 5. The highest BCUT2D eigenvalue weighted by molar-refractivity contribution is 5.92. The van der Waals surface area contributed by atoms with Crippen LogP contribution in [-0.2, 0) is 4.74 Å². The summed E-state index contributed by atoms with van der Waals surface area (Å²) in [6, 6.07) is 2.50. The summed E-state index contributed by atoms with van der Waals surface area (Å²) in [5.74, 6) is -1.08. The second kappa shape index (κ2) is 5.21. The van der Waals surface area contributed by atoms with Crippen LogP contribution in [-0.4, -0.2) is 25.2 Å². The van der Waals surface area contributed by atoms with Crippen molar-refractivity contribution in [3.63, 3.8) is 0 Å². The molecular formula is C10H8F2N2O3. The van der Waals surface area contributed by atoms with Gasteiger partial charge in [-0.15, -0.1) is 0 Å². The predicted molar refractivity (Wildman–Crippen MR) is 51.8 cm³/mol. The highest BCUT2D eigenvalue weighted by Crippen LogP contribution is 2.28. The molecule has 1 aromatic heterocycles. The van der Waals surface area contributed by atoms with Gasteiger partial charge in [-0.05, 0) is 0 Å². The SMILES string of the molecule is COC(=O)c1cc(OC)nc(C#N)c1C(F)F. The quantitative estimate of drug-likeness (QED) is 0.754. The van der Waals surface area contributed by atoms with Crippen molar-refractivity contribution in [3.05, 3.63) is 22.9 Å². The number of carbonyl (C=O) groups excluding carboxylic acids is 1. The minimum absolute atomic E-state index is 0.105. The van der Waals surface area contributed by atoms with Crippen LogP contribution in [0.1, 0.15) is 28.0 Å². The normalized spacial score (nSPS) is 9.88. The van der Waals surface area contributed by atoms with Crippen molar-refractivity contribution in [2.24, 2.45) is 0 Å². The van der Waals surface area contributed by atoms with Crippen LogP contribution in [0.25, 0.3) is 0 Å². The van der Waals surface area contributed by atoms with Crippen LogP contribution in [0.2, 0.25) is 0 Å². The van der Waals surface area contributed by atoms with Crippen LogP contribution in [0.15, 0.2) is 6.07 Å². The minimum Gasteiger partial charge on any atom is -0.481 e. The molecule has 0 bridgehead atoms. The van der Waals surface area contributed by atoms with E-state index in [9.17, 15) is 13.6 Å². The standard InChI is InChI=1S/C10H8F2N2O3/c1-16-7-3-5(10(15)17-2)8(9(11)12)6(4-13)14-7/h3,9H,1-2H3. The molecule has 0 radical (unpaired) electrons. The molecule has 0 fully saturated rings. The number of nitrogens with zero attached hydrogens (tertiary/aromatic N) is 2. The lowest BCUT2D eigenvalue weighted by Crippen LogP contribution is -2.10. The summed E-state index contributed by atoms with van der Waals surface area (Å²) < 4.78 is 34.6. The molecule has 0 N–H and O–H groups in total. The molecule has 0 saturated heterocycles. The Bertz CT molecular complexity index is 483. The summed E-state index contributed by atoms with van der Waals surface area (Å²) in [7, 11) is 2.29. The fraction of sp³-hybridized carbons (Fsp3) is 0.300. The first kappa shape index (κ1) is 12.8. The number of pyridine rings is 1. The zero-order chi connectivity index (χ0) is 13.0. The van der Waals surface area contributed by atoms with Crippen LogP contribution in [0.3, 0.4) is 0 Å². The number of esters is 1. The molecule has 1 aromatic rings. The molecule has 0 aromatic carbocycles. The Kier molecular flexibility index (Phi) is 3.93. The molecular weight excluding hydrogens is 234 g/mol. The van der Waals surface area contributed by atoms with Gasteiger partial charge in [0.15, 0.2) is 5.69 Å². The number of alkyl halides is 2. The molecule has 0 saturated carbocycles. The number of carbonyl (C=O) groups is 1. The van der Waals surface area contributed by atoms with E-state index in [1.807, 2.05) is 0 Å². The molecule has 0 spiro atoms. The van der Waals surface area contributed by atoms with Crippen molar-refractivity contribution in [2.45, 2.75) is 6.43 Å². The third-order valence-corrected chi connectivity index (χ3v) is 1.97. The Morgan fingerprint density at radius 3 is 2.59 bits per heavy atom. The maximum Gasteiger partial charge on any atom is 0.338 e. The van der Waals surface area contributed by atoms with Gasteiger partial charge in [0.2, 0.25) is 5.88 Å². The lowest BCUT2D eigenvalue weighted by Gasteiger charge is -2.10. The van der Waals surface area contributed by atoms with E-state index in [2.05, 4.69) is 9.72 Å². The highest BCUT2D eigenvalue weighted by Gasteiger charge is 2.25. The third-order valence-electron chi connectivity index (χ3n) is 1.97. The number of methoxy groups -OCH3 is 2. The lowest BCUT2D eigenvalue weighted by atomic mass is 10.1. The van der Waals surface area contributed by atoms with Crippen LogP contribution >= 0.6 is 0 Å².